The van der Waals surface area contributed by atoms with Crippen LogP contribution in [-0.2, 0) is 4.74 Å². The van der Waals surface area contributed by atoms with Gasteiger partial charge in [0, 0.05) is 19.0 Å². The average molecular weight is 222 g/mol. The van der Waals surface area contributed by atoms with Gasteiger partial charge in [-0.2, -0.15) is 0 Å². The Morgan fingerprint density at radius 2 is 2.25 bits per heavy atom. The molecule has 0 aromatic heterocycles. The Morgan fingerprint density at radius 3 is 3.00 bits per heavy atom. The van der Waals surface area contributed by atoms with Crippen LogP contribution < -0.4 is 10.6 Å². The lowest BCUT2D eigenvalue weighted by molar-refractivity contribution is 0.259. The summed E-state index contributed by atoms with van der Waals surface area (Å²) in [6.07, 6.45) is 2.47. The van der Waals surface area contributed by atoms with E-state index in [4.69, 9.17) is 4.74 Å². The van der Waals surface area contributed by atoms with Gasteiger partial charge in [0.05, 0.1) is 13.1 Å². The molecule has 3 aliphatic heterocycles. The largest absolute Gasteiger partial charge is 0.467 e. The standard InChI is InChI=1S/C11H18N4O/c1-2-8(6-12-3-1)11-15-7-9(16-11)10-13-4-5-14-10/h8-9,12H,1-7H2,(H,13,14). The summed E-state index contributed by atoms with van der Waals surface area (Å²) < 4.78 is 5.90. The molecule has 0 aliphatic carbocycles. The van der Waals surface area contributed by atoms with E-state index in [0.29, 0.717) is 5.92 Å². The molecule has 0 aromatic rings. The molecule has 5 nitrogen and oxygen atoms in total. The molecule has 0 aromatic carbocycles. The molecule has 1 saturated heterocycles. The fraction of sp³-hybridized carbons (Fsp3) is 0.818. The summed E-state index contributed by atoms with van der Waals surface area (Å²) in [6, 6.07) is 0. The number of ether oxygens (including phenoxy) is 1. The second-order valence-corrected chi connectivity index (χ2v) is 4.52. The average Bonchev–Trinajstić information content (AvgIpc) is 3.01. The van der Waals surface area contributed by atoms with Crippen molar-refractivity contribution in [3.63, 3.8) is 0 Å². The van der Waals surface area contributed by atoms with Crippen LogP contribution in [0.1, 0.15) is 12.8 Å². The van der Waals surface area contributed by atoms with Gasteiger partial charge in [0.2, 0.25) is 0 Å². The smallest absolute Gasteiger partial charge is 0.188 e. The van der Waals surface area contributed by atoms with Crippen molar-refractivity contribution < 1.29 is 4.74 Å². The SMILES string of the molecule is C1CNCC(C2=NCC(C3=NCCN3)O2)C1. The van der Waals surface area contributed by atoms with E-state index in [-0.39, 0.29) is 6.10 Å². The predicted molar refractivity (Wildman–Crippen MR) is 63.1 cm³/mol. The van der Waals surface area contributed by atoms with Crippen molar-refractivity contribution in [3.05, 3.63) is 0 Å². The van der Waals surface area contributed by atoms with Crippen LogP contribution in [0.2, 0.25) is 0 Å². The van der Waals surface area contributed by atoms with Gasteiger partial charge >= 0.3 is 0 Å². The summed E-state index contributed by atoms with van der Waals surface area (Å²) >= 11 is 0. The van der Waals surface area contributed by atoms with Crippen molar-refractivity contribution in [3.8, 4) is 0 Å². The second-order valence-electron chi connectivity index (χ2n) is 4.52. The van der Waals surface area contributed by atoms with E-state index in [2.05, 4.69) is 20.6 Å². The van der Waals surface area contributed by atoms with E-state index in [0.717, 1.165) is 44.5 Å². The third-order valence-corrected chi connectivity index (χ3v) is 3.33. The van der Waals surface area contributed by atoms with Crippen LogP contribution in [0.5, 0.6) is 0 Å². The number of amidine groups is 1. The number of hydrogen-bond acceptors (Lipinski definition) is 5. The van der Waals surface area contributed by atoms with Gasteiger partial charge in [-0.15, -0.1) is 0 Å². The van der Waals surface area contributed by atoms with Crippen molar-refractivity contribution in [2.24, 2.45) is 15.9 Å². The maximum atomic E-state index is 5.90. The molecular formula is C11H18N4O. The fourth-order valence-electron chi connectivity index (χ4n) is 2.46. The third kappa shape index (κ3) is 1.91. The molecule has 3 rings (SSSR count). The van der Waals surface area contributed by atoms with Crippen molar-refractivity contribution in [1.82, 2.24) is 10.6 Å². The van der Waals surface area contributed by atoms with Gasteiger partial charge in [-0.1, -0.05) is 0 Å². The fourth-order valence-corrected chi connectivity index (χ4v) is 2.46. The van der Waals surface area contributed by atoms with E-state index in [9.17, 15) is 0 Å². The van der Waals surface area contributed by atoms with Crippen LogP contribution in [-0.4, -0.2) is 50.6 Å². The number of aliphatic imine (C=N–C) groups is 2. The quantitative estimate of drug-likeness (QED) is 0.679. The first-order valence-corrected chi connectivity index (χ1v) is 6.13. The molecule has 0 radical (unpaired) electrons. The highest BCUT2D eigenvalue weighted by molar-refractivity contribution is 5.93. The summed E-state index contributed by atoms with van der Waals surface area (Å²) in [5.74, 6) is 2.40. The number of nitrogens with zero attached hydrogens (tertiary/aromatic N) is 2. The summed E-state index contributed by atoms with van der Waals surface area (Å²) in [4.78, 5) is 8.91. The van der Waals surface area contributed by atoms with E-state index in [1.807, 2.05) is 0 Å². The molecular weight excluding hydrogens is 204 g/mol. The highest BCUT2D eigenvalue weighted by Crippen LogP contribution is 2.19. The minimum absolute atomic E-state index is 0.0550. The number of nitrogens with one attached hydrogen (secondary N) is 2. The number of hydrogen-bond donors (Lipinski definition) is 2. The Kier molecular flexibility index (Phi) is 2.78. The molecule has 0 bridgehead atoms. The second kappa shape index (κ2) is 4.41. The Bertz CT molecular complexity index is 320. The topological polar surface area (TPSA) is 58.0 Å². The zero-order valence-corrected chi connectivity index (χ0v) is 9.41. The first-order valence-electron chi connectivity index (χ1n) is 6.13. The first-order chi connectivity index (χ1) is 7.93. The van der Waals surface area contributed by atoms with Crippen LogP contribution >= 0.6 is 0 Å². The van der Waals surface area contributed by atoms with E-state index < -0.39 is 0 Å². The van der Waals surface area contributed by atoms with Crippen LogP contribution in [0.4, 0.5) is 0 Å². The molecule has 16 heavy (non-hydrogen) atoms. The summed E-state index contributed by atoms with van der Waals surface area (Å²) in [5.41, 5.74) is 0. The Labute approximate surface area is 95.4 Å². The van der Waals surface area contributed by atoms with Crippen molar-refractivity contribution in [2.75, 3.05) is 32.7 Å². The van der Waals surface area contributed by atoms with Crippen molar-refractivity contribution in [1.29, 1.82) is 0 Å². The molecule has 0 spiro atoms. The van der Waals surface area contributed by atoms with Gasteiger partial charge in [-0.05, 0) is 19.4 Å². The minimum Gasteiger partial charge on any atom is -0.467 e. The Morgan fingerprint density at radius 1 is 1.25 bits per heavy atom. The molecule has 2 unspecified atom stereocenters. The predicted octanol–water partition coefficient (Wildman–Crippen LogP) is -0.215. The molecule has 1 fully saturated rings. The lowest BCUT2D eigenvalue weighted by Gasteiger charge is -2.23. The van der Waals surface area contributed by atoms with Crippen LogP contribution in [0.15, 0.2) is 9.98 Å². The molecule has 0 saturated carbocycles. The molecule has 2 N–H and O–H groups in total. The molecule has 3 heterocycles. The summed E-state index contributed by atoms with van der Waals surface area (Å²) in [5, 5.41) is 6.65. The van der Waals surface area contributed by atoms with Crippen molar-refractivity contribution in [2.45, 2.75) is 18.9 Å². The molecule has 0 amide bonds. The van der Waals surface area contributed by atoms with Gasteiger partial charge in [0.15, 0.2) is 12.0 Å². The minimum atomic E-state index is 0.0550. The van der Waals surface area contributed by atoms with Gasteiger partial charge < -0.3 is 15.4 Å². The maximum Gasteiger partial charge on any atom is 0.188 e. The maximum absolute atomic E-state index is 5.90. The van der Waals surface area contributed by atoms with Gasteiger partial charge in [-0.3, -0.25) is 9.98 Å². The molecule has 5 heteroatoms. The molecule has 88 valence electrons. The zero-order valence-electron chi connectivity index (χ0n) is 9.41. The number of rotatable bonds is 2. The molecule has 2 atom stereocenters. The Balaban J connectivity index is 1.58. The van der Waals surface area contributed by atoms with Crippen molar-refractivity contribution >= 4 is 11.7 Å². The molecule has 3 aliphatic rings. The highest BCUT2D eigenvalue weighted by Gasteiger charge is 2.31. The lowest BCUT2D eigenvalue weighted by Crippen LogP contribution is -2.38. The van der Waals surface area contributed by atoms with E-state index >= 15 is 0 Å². The van der Waals surface area contributed by atoms with Crippen LogP contribution in [0, 0.1) is 5.92 Å². The van der Waals surface area contributed by atoms with E-state index in [1.165, 1.54) is 12.8 Å². The van der Waals surface area contributed by atoms with Gasteiger partial charge in [0.25, 0.3) is 0 Å². The third-order valence-electron chi connectivity index (χ3n) is 3.33. The van der Waals surface area contributed by atoms with Crippen LogP contribution in [0.25, 0.3) is 0 Å². The summed E-state index contributed by atoms with van der Waals surface area (Å²) in [7, 11) is 0. The normalized spacial score (nSPS) is 34.0. The first kappa shape index (κ1) is 10.1. The monoisotopic (exact) mass is 222 g/mol. The van der Waals surface area contributed by atoms with Crippen LogP contribution in [0.3, 0.4) is 0 Å². The zero-order chi connectivity index (χ0) is 10.8. The van der Waals surface area contributed by atoms with Gasteiger partial charge in [0.1, 0.15) is 5.84 Å². The number of piperidine rings is 1. The highest BCUT2D eigenvalue weighted by atomic mass is 16.5. The Hall–Kier alpha value is -1.10. The summed E-state index contributed by atoms with van der Waals surface area (Å²) in [6.45, 7) is 4.68. The van der Waals surface area contributed by atoms with E-state index in [1.54, 1.807) is 0 Å². The lowest BCUT2D eigenvalue weighted by atomic mass is 10.00. The van der Waals surface area contributed by atoms with Gasteiger partial charge in [-0.25, -0.2) is 0 Å².